The van der Waals surface area contributed by atoms with Gasteiger partial charge in [0.15, 0.2) is 5.13 Å². The molecule has 0 aliphatic carbocycles. The average molecular weight is 278 g/mol. The molecule has 1 aromatic heterocycles. The third-order valence-electron chi connectivity index (χ3n) is 2.09. The molecule has 0 bridgehead atoms. The molecule has 0 radical (unpaired) electrons. The van der Waals surface area contributed by atoms with Gasteiger partial charge in [-0.1, -0.05) is 20.8 Å². The summed E-state index contributed by atoms with van der Waals surface area (Å²) in [5.74, 6) is -0.0894. The molecule has 0 aliphatic heterocycles. The van der Waals surface area contributed by atoms with Gasteiger partial charge in [-0.15, -0.1) is 11.3 Å². The van der Waals surface area contributed by atoms with Crippen molar-refractivity contribution in [1.82, 2.24) is 4.98 Å². The number of anilines is 1. The number of aliphatic hydroxyl groups is 1. The van der Waals surface area contributed by atoms with E-state index in [1.54, 1.807) is 0 Å². The molecule has 98 valence electrons. The van der Waals surface area contributed by atoms with Gasteiger partial charge in [-0.3, -0.25) is 4.72 Å². The van der Waals surface area contributed by atoms with E-state index in [1.807, 2.05) is 26.2 Å². The van der Waals surface area contributed by atoms with Crippen LogP contribution in [0.3, 0.4) is 0 Å². The van der Waals surface area contributed by atoms with Crippen molar-refractivity contribution in [2.75, 3.05) is 17.1 Å². The zero-order chi connectivity index (χ0) is 13.1. The molecule has 0 amide bonds. The number of nitrogens with zero attached hydrogens (tertiary/aromatic N) is 1. The molecular weight excluding hydrogens is 260 g/mol. The van der Waals surface area contributed by atoms with Crippen molar-refractivity contribution in [3.63, 3.8) is 0 Å². The normalized spacial score (nSPS) is 12.7. The third kappa shape index (κ3) is 4.61. The highest BCUT2D eigenvalue weighted by atomic mass is 32.2. The molecule has 7 heteroatoms. The molecule has 2 N–H and O–H groups in total. The van der Waals surface area contributed by atoms with Crippen LogP contribution in [-0.2, 0) is 15.4 Å². The van der Waals surface area contributed by atoms with Gasteiger partial charge in [0.05, 0.1) is 11.4 Å². The smallest absolute Gasteiger partial charge is 0.234 e. The summed E-state index contributed by atoms with van der Waals surface area (Å²) in [5.41, 5.74) is 0.771. The lowest BCUT2D eigenvalue weighted by Crippen LogP contribution is -2.18. The highest BCUT2D eigenvalue weighted by Gasteiger charge is 2.19. The molecule has 0 saturated carbocycles. The molecule has 0 spiro atoms. The monoisotopic (exact) mass is 278 g/mol. The summed E-state index contributed by atoms with van der Waals surface area (Å²) in [6.45, 7) is 5.93. The van der Waals surface area contributed by atoms with Crippen LogP contribution in [0.1, 0.15) is 32.9 Å². The molecule has 1 rings (SSSR count). The van der Waals surface area contributed by atoms with Gasteiger partial charge >= 0.3 is 0 Å². The Hall–Kier alpha value is -0.660. The highest BCUT2D eigenvalue weighted by molar-refractivity contribution is 7.92. The second-order valence-electron chi connectivity index (χ2n) is 4.79. The van der Waals surface area contributed by atoms with Crippen LogP contribution in [-0.4, -0.2) is 30.9 Å². The molecule has 0 aliphatic rings. The van der Waals surface area contributed by atoms with Crippen molar-refractivity contribution in [1.29, 1.82) is 0 Å². The third-order valence-corrected chi connectivity index (χ3v) is 4.30. The van der Waals surface area contributed by atoms with Crippen molar-refractivity contribution in [3.05, 3.63) is 11.1 Å². The van der Waals surface area contributed by atoms with Crippen molar-refractivity contribution < 1.29 is 13.5 Å². The predicted molar refractivity (Wildman–Crippen MR) is 69.9 cm³/mol. The van der Waals surface area contributed by atoms with Crippen LogP contribution in [0.25, 0.3) is 0 Å². The van der Waals surface area contributed by atoms with Crippen LogP contribution in [0.4, 0.5) is 5.13 Å². The molecule has 1 heterocycles. The maximum Gasteiger partial charge on any atom is 0.234 e. The summed E-state index contributed by atoms with van der Waals surface area (Å²) in [6.07, 6.45) is 0.229. The lowest BCUT2D eigenvalue weighted by molar-refractivity contribution is 0.295. The average Bonchev–Trinajstić information content (AvgIpc) is 2.62. The lowest BCUT2D eigenvalue weighted by atomic mass is 9.93. The Morgan fingerprint density at radius 3 is 2.59 bits per heavy atom. The van der Waals surface area contributed by atoms with Gasteiger partial charge in [-0.25, -0.2) is 13.4 Å². The molecule has 17 heavy (non-hydrogen) atoms. The fraction of sp³-hybridized carbons (Fsp3) is 0.700. The molecule has 0 unspecified atom stereocenters. The van der Waals surface area contributed by atoms with E-state index in [2.05, 4.69) is 9.71 Å². The van der Waals surface area contributed by atoms with E-state index < -0.39 is 10.0 Å². The maximum absolute atomic E-state index is 11.6. The number of hydrogen-bond donors (Lipinski definition) is 2. The van der Waals surface area contributed by atoms with E-state index in [4.69, 9.17) is 5.11 Å². The van der Waals surface area contributed by atoms with Gasteiger partial charge in [0.25, 0.3) is 0 Å². The Balaban J connectivity index is 2.73. The first-order chi connectivity index (χ1) is 7.74. The first-order valence-corrected chi connectivity index (χ1v) is 7.85. The summed E-state index contributed by atoms with van der Waals surface area (Å²) in [6, 6.07) is 0. The summed E-state index contributed by atoms with van der Waals surface area (Å²) < 4.78 is 25.5. The minimum absolute atomic E-state index is 0.0894. The number of aromatic nitrogens is 1. The van der Waals surface area contributed by atoms with Gasteiger partial charge in [0, 0.05) is 17.4 Å². The summed E-state index contributed by atoms with van der Waals surface area (Å²) in [7, 11) is -3.39. The molecule has 5 nitrogen and oxygen atoms in total. The lowest BCUT2D eigenvalue weighted by Gasteiger charge is -2.14. The zero-order valence-electron chi connectivity index (χ0n) is 10.2. The van der Waals surface area contributed by atoms with Gasteiger partial charge < -0.3 is 5.11 Å². The second-order valence-corrected chi connectivity index (χ2v) is 7.49. The Morgan fingerprint density at radius 2 is 2.12 bits per heavy atom. The Bertz CT molecular complexity index is 460. The number of aliphatic hydroxyl groups excluding tert-OH is 1. The molecule has 1 aromatic rings. The minimum Gasteiger partial charge on any atom is -0.396 e. The van der Waals surface area contributed by atoms with Crippen LogP contribution < -0.4 is 4.72 Å². The van der Waals surface area contributed by atoms with E-state index in [0.717, 1.165) is 5.69 Å². The zero-order valence-corrected chi connectivity index (χ0v) is 11.9. The van der Waals surface area contributed by atoms with Crippen LogP contribution in [0.5, 0.6) is 0 Å². The van der Waals surface area contributed by atoms with E-state index >= 15 is 0 Å². The Kier molecular flexibility index (Phi) is 4.51. The van der Waals surface area contributed by atoms with Crippen LogP contribution in [0, 0.1) is 0 Å². The number of sulfonamides is 1. The topological polar surface area (TPSA) is 79.3 Å². The summed E-state index contributed by atoms with van der Waals surface area (Å²) in [4.78, 5) is 4.24. The van der Waals surface area contributed by atoms with Crippen LogP contribution >= 0.6 is 11.3 Å². The standard InChI is InChI=1S/C10H18N2O3S2/c1-10(2,3)8-7-16-9(11-8)12-17(14,15)6-4-5-13/h7,13H,4-6H2,1-3H3,(H,11,12). The first-order valence-electron chi connectivity index (χ1n) is 5.32. The number of nitrogens with one attached hydrogen (secondary N) is 1. The maximum atomic E-state index is 11.6. The molecule has 0 saturated heterocycles. The SMILES string of the molecule is CC(C)(C)c1csc(NS(=O)(=O)CCCO)n1. The summed E-state index contributed by atoms with van der Waals surface area (Å²) in [5, 5.41) is 10.8. The first kappa shape index (κ1) is 14.4. The number of hydrogen-bond acceptors (Lipinski definition) is 5. The summed E-state index contributed by atoms with van der Waals surface area (Å²) >= 11 is 1.27. The van der Waals surface area contributed by atoms with Crippen molar-refractivity contribution in [2.45, 2.75) is 32.6 Å². The van der Waals surface area contributed by atoms with Gasteiger partial charge in [0.2, 0.25) is 10.0 Å². The van der Waals surface area contributed by atoms with Crippen LogP contribution in [0.15, 0.2) is 5.38 Å². The Labute approximate surface area is 106 Å². The van der Waals surface area contributed by atoms with Crippen molar-refractivity contribution in [3.8, 4) is 0 Å². The Morgan fingerprint density at radius 1 is 1.47 bits per heavy atom. The predicted octanol–water partition coefficient (Wildman–Crippen LogP) is 1.56. The van der Waals surface area contributed by atoms with E-state index in [1.165, 1.54) is 11.3 Å². The second kappa shape index (κ2) is 5.32. The molecular formula is C10H18N2O3S2. The quantitative estimate of drug-likeness (QED) is 0.856. The highest BCUT2D eigenvalue weighted by Crippen LogP contribution is 2.26. The fourth-order valence-corrected chi connectivity index (χ4v) is 3.38. The van der Waals surface area contributed by atoms with E-state index in [-0.39, 0.29) is 24.2 Å². The molecule has 0 aromatic carbocycles. The minimum atomic E-state index is -3.39. The van der Waals surface area contributed by atoms with Crippen molar-refractivity contribution >= 4 is 26.5 Å². The van der Waals surface area contributed by atoms with Gasteiger partial charge in [-0.05, 0) is 6.42 Å². The van der Waals surface area contributed by atoms with E-state index in [0.29, 0.717) is 5.13 Å². The van der Waals surface area contributed by atoms with Gasteiger partial charge in [-0.2, -0.15) is 0 Å². The van der Waals surface area contributed by atoms with Crippen LogP contribution in [0.2, 0.25) is 0 Å². The largest absolute Gasteiger partial charge is 0.396 e. The number of rotatable bonds is 5. The molecule has 0 fully saturated rings. The van der Waals surface area contributed by atoms with Crippen molar-refractivity contribution in [2.24, 2.45) is 0 Å². The van der Waals surface area contributed by atoms with E-state index in [9.17, 15) is 8.42 Å². The fourth-order valence-electron chi connectivity index (χ4n) is 1.10. The molecule has 0 atom stereocenters. The number of thiazole rings is 1. The van der Waals surface area contributed by atoms with Gasteiger partial charge in [0.1, 0.15) is 0 Å².